The molecule has 0 aliphatic carbocycles. The van der Waals surface area contributed by atoms with E-state index in [1.54, 1.807) is 0 Å². The van der Waals surface area contributed by atoms with Gasteiger partial charge < -0.3 is 9.80 Å². The molecule has 0 N–H and O–H groups in total. The van der Waals surface area contributed by atoms with Gasteiger partial charge in [0.2, 0.25) is 0 Å². The van der Waals surface area contributed by atoms with Crippen molar-refractivity contribution in [1.82, 2.24) is 0 Å². The van der Waals surface area contributed by atoms with Gasteiger partial charge in [0.15, 0.2) is 0 Å². The highest BCUT2D eigenvalue weighted by molar-refractivity contribution is 5.86. The maximum Gasteiger partial charge on any atom is 0.0994 e. The van der Waals surface area contributed by atoms with Crippen LogP contribution in [0.25, 0.3) is 5.57 Å². The first kappa shape index (κ1) is 35.0. The minimum Gasteiger partial charge on any atom is -0.337 e. The van der Waals surface area contributed by atoms with Gasteiger partial charge in [0, 0.05) is 46.5 Å². The molecule has 6 rings (SSSR count). The van der Waals surface area contributed by atoms with Crippen molar-refractivity contribution in [3.63, 3.8) is 0 Å². The smallest absolute Gasteiger partial charge is 0.0994 e. The van der Waals surface area contributed by atoms with Crippen molar-refractivity contribution in [2.24, 2.45) is 0 Å². The number of rotatable bonds is 9. The number of allylic oxidation sites excluding steroid dienone is 5. The molecule has 51 heavy (non-hydrogen) atoms. The van der Waals surface area contributed by atoms with Crippen LogP contribution >= 0.6 is 0 Å². The summed E-state index contributed by atoms with van der Waals surface area (Å²) in [4.78, 5) is 4.74. The number of nitriles is 3. The third kappa shape index (κ3) is 6.47. The lowest BCUT2D eigenvalue weighted by atomic mass is 9.90. The Kier molecular flexibility index (Phi) is 10.3. The molecule has 0 spiro atoms. The van der Waals surface area contributed by atoms with Crippen molar-refractivity contribution in [2.45, 2.75) is 84.2 Å². The van der Waals surface area contributed by atoms with E-state index in [9.17, 15) is 15.8 Å². The van der Waals surface area contributed by atoms with Crippen LogP contribution < -0.4 is 9.80 Å². The molecule has 0 bridgehead atoms. The van der Waals surface area contributed by atoms with Gasteiger partial charge in [0.25, 0.3) is 0 Å². The first-order chi connectivity index (χ1) is 24.8. The van der Waals surface area contributed by atoms with Crippen molar-refractivity contribution in [2.75, 3.05) is 9.80 Å². The Morgan fingerprint density at radius 2 is 1.49 bits per heavy atom. The largest absolute Gasteiger partial charge is 0.337 e. The van der Waals surface area contributed by atoms with Gasteiger partial charge in [-0.25, -0.2) is 0 Å². The molecule has 2 aliphatic heterocycles. The fourth-order valence-corrected chi connectivity index (χ4v) is 8.13. The van der Waals surface area contributed by atoms with E-state index in [0.717, 1.165) is 35.4 Å². The van der Waals surface area contributed by atoms with Gasteiger partial charge in [-0.15, -0.1) is 0 Å². The summed E-state index contributed by atoms with van der Waals surface area (Å²) in [5.41, 5.74) is 11.7. The summed E-state index contributed by atoms with van der Waals surface area (Å²) in [6, 6.07) is 36.7. The summed E-state index contributed by atoms with van der Waals surface area (Å²) in [7, 11) is 0. The molecule has 254 valence electrons. The van der Waals surface area contributed by atoms with Gasteiger partial charge in [-0.3, -0.25) is 0 Å². The predicted octanol–water partition coefficient (Wildman–Crippen LogP) is 11.7. The second-order valence-corrected chi connectivity index (χ2v) is 13.8. The number of nitrogens with zero attached hydrogens (tertiary/aromatic N) is 5. The molecule has 5 atom stereocenters. The summed E-state index contributed by atoms with van der Waals surface area (Å²) in [6.45, 7) is 12.9. The zero-order valence-corrected chi connectivity index (χ0v) is 30.4. The zero-order valence-electron chi connectivity index (χ0n) is 30.4. The lowest BCUT2D eigenvalue weighted by molar-refractivity contribution is 0.548. The van der Waals surface area contributed by atoms with Gasteiger partial charge >= 0.3 is 0 Å². The lowest BCUT2D eigenvalue weighted by Crippen LogP contribution is -2.27. The highest BCUT2D eigenvalue weighted by atomic mass is 15.2. The molecule has 0 saturated heterocycles. The Labute approximate surface area is 303 Å². The summed E-state index contributed by atoms with van der Waals surface area (Å²) in [5.74, 6) is 0.687. The average Bonchev–Trinajstić information content (AvgIpc) is 3.60. The first-order valence-electron chi connectivity index (χ1n) is 18.0. The summed E-state index contributed by atoms with van der Waals surface area (Å²) < 4.78 is 0. The molecule has 5 heteroatoms. The number of para-hydroxylation sites is 1. The fraction of sp³-hybridized carbons (Fsp3) is 0.283. The van der Waals surface area contributed by atoms with Crippen molar-refractivity contribution in [1.29, 1.82) is 15.8 Å². The monoisotopic (exact) mass is 667 g/mol. The molecule has 0 fully saturated rings. The number of benzene rings is 4. The third-order valence-corrected chi connectivity index (χ3v) is 10.9. The molecule has 4 aromatic rings. The van der Waals surface area contributed by atoms with E-state index in [1.165, 1.54) is 28.1 Å². The minimum atomic E-state index is 0.0873. The molecule has 0 radical (unpaired) electrons. The van der Waals surface area contributed by atoms with E-state index in [2.05, 4.69) is 129 Å². The minimum absolute atomic E-state index is 0.0873. The van der Waals surface area contributed by atoms with E-state index in [0.29, 0.717) is 28.7 Å². The molecule has 0 saturated carbocycles. The highest BCUT2D eigenvalue weighted by Crippen LogP contribution is 2.50. The van der Waals surface area contributed by atoms with E-state index >= 15 is 0 Å². The molecule has 2 aliphatic rings. The highest BCUT2D eigenvalue weighted by Gasteiger charge is 2.37. The zero-order chi connectivity index (χ0) is 36.2. The third-order valence-electron chi connectivity index (χ3n) is 10.9. The van der Waals surface area contributed by atoms with Crippen LogP contribution in [0.15, 0.2) is 115 Å². The molecule has 0 amide bonds. The molecule has 5 unspecified atom stereocenters. The van der Waals surface area contributed by atoms with Gasteiger partial charge in [-0.1, -0.05) is 74.9 Å². The molecule has 0 aromatic heterocycles. The van der Waals surface area contributed by atoms with Crippen LogP contribution in [0.3, 0.4) is 0 Å². The van der Waals surface area contributed by atoms with Crippen LogP contribution in [0.4, 0.5) is 22.7 Å². The summed E-state index contributed by atoms with van der Waals surface area (Å²) in [6.07, 6.45) is 10.5. The van der Waals surface area contributed by atoms with Crippen molar-refractivity contribution < 1.29 is 0 Å². The van der Waals surface area contributed by atoms with Crippen LogP contribution in [0.2, 0.25) is 0 Å². The number of hydrogen-bond acceptors (Lipinski definition) is 5. The van der Waals surface area contributed by atoms with Crippen LogP contribution in [-0.2, 0) is 0 Å². The Morgan fingerprint density at radius 1 is 0.804 bits per heavy atom. The fourth-order valence-electron chi connectivity index (χ4n) is 8.13. The number of anilines is 4. The van der Waals surface area contributed by atoms with E-state index in [1.807, 2.05) is 49.4 Å². The lowest BCUT2D eigenvalue weighted by Gasteiger charge is -2.30. The maximum atomic E-state index is 10.4. The van der Waals surface area contributed by atoms with E-state index in [-0.39, 0.29) is 17.9 Å². The number of fused-ring (bicyclic) bond motifs is 2. The summed E-state index contributed by atoms with van der Waals surface area (Å²) >= 11 is 0. The Hall–Kier alpha value is -5.83. The average molecular weight is 668 g/mol. The molecular formula is C46H45N5. The van der Waals surface area contributed by atoms with Crippen LogP contribution in [0, 0.1) is 34.0 Å². The Balaban J connectivity index is 1.31. The van der Waals surface area contributed by atoms with Gasteiger partial charge in [-0.2, -0.15) is 15.8 Å². The molecule has 4 aromatic carbocycles. The SMILES string of the molecule is C/C=C\C1c2ccccc2N(c2ccc(C(C)/C=C\C(C#N)=C(/C)c3ccc(C#N)cc3N3c4ccc(C#N)cc4C(CCC)C3C)cc2)C1C. The van der Waals surface area contributed by atoms with Crippen LogP contribution in [0.5, 0.6) is 0 Å². The quantitative estimate of drug-likeness (QED) is 0.101. The number of hydrogen-bond donors (Lipinski definition) is 0. The van der Waals surface area contributed by atoms with E-state index in [4.69, 9.17) is 0 Å². The normalized spacial score (nSPS) is 20.5. The van der Waals surface area contributed by atoms with E-state index < -0.39 is 0 Å². The van der Waals surface area contributed by atoms with Gasteiger partial charge in [0.1, 0.15) is 0 Å². The first-order valence-corrected chi connectivity index (χ1v) is 18.0. The Bertz CT molecular complexity index is 2150. The maximum absolute atomic E-state index is 10.4. The van der Waals surface area contributed by atoms with Crippen molar-refractivity contribution in [3.8, 4) is 18.2 Å². The summed E-state index contributed by atoms with van der Waals surface area (Å²) in [5, 5.41) is 30.0. The molecule has 5 nitrogen and oxygen atoms in total. The topological polar surface area (TPSA) is 77.8 Å². The van der Waals surface area contributed by atoms with Crippen molar-refractivity contribution in [3.05, 3.63) is 148 Å². The van der Waals surface area contributed by atoms with Crippen LogP contribution in [-0.4, -0.2) is 12.1 Å². The van der Waals surface area contributed by atoms with Crippen LogP contribution in [0.1, 0.15) is 106 Å². The predicted molar refractivity (Wildman–Crippen MR) is 209 cm³/mol. The van der Waals surface area contributed by atoms with Crippen molar-refractivity contribution >= 4 is 28.3 Å². The standard InChI is InChI=1S/C46H45N5/c1-7-11-40-32(5)50(44-14-10-9-13-42(40)44)38-21-19-36(20-22-38)30(3)15-18-37(29-49)31(4)39-23-16-35(28-48)26-46(39)51-33(6)41(12-8-2)43-25-34(27-47)17-24-45(43)51/h7,9-11,13-26,30,32-33,40-41H,8,12H2,1-6H3/b11-7-,18-15-,37-31-. The molecular weight excluding hydrogens is 623 g/mol. The molecule has 2 heterocycles. The second kappa shape index (κ2) is 15.0. The van der Waals surface area contributed by atoms with Gasteiger partial charge in [-0.05, 0) is 117 Å². The Morgan fingerprint density at radius 3 is 2.18 bits per heavy atom. The second-order valence-electron chi connectivity index (χ2n) is 13.8. The van der Waals surface area contributed by atoms with Gasteiger partial charge in [0.05, 0.1) is 40.6 Å².